The lowest BCUT2D eigenvalue weighted by molar-refractivity contribution is -0.127. The van der Waals surface area contributed by atoms with Crippen LogP contribution in [0.25, 0.3) is 0 Å². The van der Waals surface area contributed by atoms with Crippen LogP contribution in [0, 0.1) is 0 Å². The van der Waals surface area contributed by atoms with Crippen molar-refractivity contribution >= 4 is 29.7 Å². The summed E-state index contributed by atoms with van der Waals surface area (Å²) in [6, 6.07) is 10.4. The van der Waals surface area contributed by atoms with Gasteiger partial charge in [0.25, 0.3) is 17.7 Å². The number of nitrogens with zero attached hydrogens (tertiary/aromatic N) is 1. The van der Waals surface area contributed by atoms with E-state index in [-0.39, 0.29) is 17.9 Å². The molecule has 0 bridgehead atoms. The van der Waals surface area contributed by atoms with Crippen molar-refractivity contribution in [2.75, 3.05) is 7.11 Å². The first kappa shape index (κ1) is 25.4. The second-order valence-electron chi connectivity index (χ2n) is 9.02. The molecule has 0 radical (unpaired) electrons. The first-order chi connectivity index (χ1) is 16.4. The van der Waals surface area contributed by atoms with Crippen molar-refractivity contribution in [3.8, 4) is 5.75 Å². The Balaban J connectivity index is 1.72. The highest BCUT2D eigenvalue weighted by atomic mass is 16.5. The molecule has 0 spiro atoms. The van der Waals surface area contributed by atoms with Crippen LogP contribution in [0.4, 0.5) is 4.79 Å². The van der Waals surface area contributed by atoms with Crippen molar-refractivity contribution in [1.82, 2.24) is 15.5 Å². The normalized spacial score (nSPS) is 13.7. The van der Waals surface area contributed by atoms with E-state index in [1.54, 1.807) is 51.1 Å². The maximum atomic E-state index is 12.8. The van der Waals surface area contributed by atoms with E-state index in [2.05, 4.69) is 10.6 Å². The summed E-state index contributed by atoms with van der Waals surface area (Å²) in [5.74, 6) is -2.35. The van der Waals surface area contributed by atoms with Gasteiger partial charge in [-0.15, -0.1) is 0 Å². The molecule has 0 aliphatic carbocycles. The second kappa shape index (κ2) is 9.96. The lowest BCUT2D eigenvalue weighted by Gasteiger charge is -2.21. The molecule has 10 nitrogen and oxygen atoms in total. The molecule has 5 amide bonds. The van der Waals surface area contributed by atoms with Gasteiger partial charge in [0, 0.05) is 5.54 Å². The van der Waals surface area contributed by atoms with Gasteiger partial charge in [0.1, 0.15) is 11.3 Å². The minimum absolute atomic E-state index is 0.000372. The fourth-order valence-corrected chi connectivity index (χ4v) is 3.44. The summed E-state index contributed by atoms with van der Waals surface area (Å²) in [4.78, 5) is 63.4. The average molecular weight is 482 g/mol. The van der Waals surface area contributed by atoms with Crippen LogP contribution in [-0.4, -0.2) is 53.4 Å². The number of urea groups is 1. The van der Waals surface area contributed by atoms with E-state index in [1.807, 2.05) is 0 Å². The van der Waals surface area contributed by atoms with Crippen LogP contribution >= 0.6 is 0 Å². The summed E-state index contributed by atoms with van der Waals surface area (Å²) >= 11 is 0. The molecule has 2 aromatic rings. The van der Waals surface area contributed by atoms with Crippen LogP contribution in [-0.2, 0) is 16.1 Å². The molecule has 10 heteroatoms. The first-order valence-electron chi connectivity index (χ1n) is 10.9. The minimum Gasteiger partial charge on any atom is -0.496 e. The van der Waals surface area contributed by atoms with Crippen LogP contribution in [0.5, 0.6) is 5.75 Å². The molecular weight excluding hydrogens is 454 g/mol. The molecule has 1 aliphatic heterocycles. The van der Waals surface area contributed by atoms with E-state index in [0.29, 0.717) is 16.7 Å². The van der Waals surface area contributed by atoms with Gasteiger partial charge in [0.2, 0.25) is 0 Å². The molecule has 1 atom stereocenters. The summed E-state index contributed by atoms with van der Waals surface area (Å²) in [7, 11) is 1.36. The van der Waals surface area contributed by atoms with Crippen LogP contribution in [0.2, 0.25) is 0 Å². The summed E-state index contributed by atoms with van der Waals surface area (Å²) in [5, 5.41) is 4.69. The van der Waals surface area contributed by atoms with Gasteiger partial charge in [-0.25, -0.2) is 9.59 Å². The molecule has 3 rings (SSSR count). The number of carbonyl (C=O) groups is 5. The molecule has 2 N–H and O–H groups in total. The second-order valence-corrected chi connectivity index (χ2v) is 9.02. The Bertz CT molecular complexity index is 1160. The smallest absolute Gasteiger partial charge is 0.342 e. The molecule has 0 saturated heterocycles. The molecule has 2 aromatic carbocycles. The monoisotopic (exact) mass is 481 g/mol. The van der Waals surface area contributed by atoms with Crippen LogP contribution < -0.4 is 15.4 Å². The number of esters is 1. The van der Waals surface area contributed by atoms with E-state index in [1.165, 1.54) is 26.2 Å². The quantitative estimate of drug-likeness (QED) is 0.479. The number of fused-ring (bicyclic) bond motifs is 1. The van der Waals surface area contributed by atoms with E-state index in [9.17, 15) is 24.0 Å². The number of methoxy groups -OCH3 is 1. The average Bonchev–Trinajstić information content (AvgIpc) is 3.02. The van der Waals surface area contributed by atoms with Gasteiger partial charge in [0.05, 0.1) is 24.8 Å². The summed E-state index contributed by atoms with van der Waals surface area (Å²) in [6.45, 7) is 6.51. The number of amides is 5. The van der Waals surface area contributed by atoms with Crippen molar-refractivity contribution in [2.45, 2.75) is 45.9 Å². The molecule has 0 saturated carbocycles. The van der Waals surface area contributed by atoms with Crippen LogP contribution in [0.1, 0.15) is 64.3 Å². The number of nitrogens with one attached hydrogen (secondary N) is 2. The van der Waals surface area contributed by atoms with Crippen molar-refractivity contribution in [3.05, 3.63) is 64.7 Å². The zero-order valence-corrected chi connectivity index (χ0v) is 20.1. The number of rotatable bonds is 6. The Kier molecular flexibility index (Phi) is 7.23. The summed E-state index contributed by atoms with van der Waals surface area (Å²) in [6.07, 6.45) is -1.28. The lowest BCUT2D eigenvalue weighted by Crippen LogP contribution is -2.50. The third kappa shape index (κ3) is 5.84. The molecule has 184 valence electrons. The number of hydrogen-bond acceptors (Lipinski definition) is 7. The fraction of sp³-hybridized carbons (Fsp3) is 0.320. The largest absolute Gasteiger partial charge is 0.496 e. The zero-order valence-electron chi connectivity index (χ0n) is 20.1. The molecular formula is C25H27N3O7. The Labute approximate surface area is 202 Å². The van der Waals surface area contributed by atoms with Gasteiger partial charge < -0.3 is 14.8 Å². The highest BCUT2D eigenvalue weighted by Gasteiger charge is 2.35. The van der Waals surface area contributed by atoms with Gasteiger partial charge in [-0.1, -0.05) is 18.2 Å². The van der Waals surface area contributed by atoms with Gasteiger partial charge >= 0.3 is 12.0 Å². The highest BCUT2D eigenvalue weighted by Crippen LogP contribution is 2.27. The van der Waals surface area contributed by atoms with E-state index < -0.39 is 41.4 Å². The molecule has 1 aliphatic rings. The first-order valence-corrected chi connectivity index (χ1v) is 10.9. The third-order valence-corrected chi connectivity index (χ3v) is 5.08. The van der Waals surface area contributed by atoms with Gasteiger partial charge in [-0.05, 0) is 57.5 Å². The number of benzene rings is 2. The van der Waals surface area contributed by atoms with Gasteiger partial charge in [-0.3, -0.25) is 24.6 Å². The maximum Gasteiger partial charge on any atom is 0.342 e. The maximum absolute atomic E-state index is 12.8. The van der Waals surface area contributed by atoms with E-state index in [4.69, 9.17) is 9.47 Å². The summed E-state index contributed by atoms with van der Waals surface area (Å²) < 4.78 is 10.5. The lowest BCUT2D eigenvalue weighted by atomic mass is 10.1. The van der Waals surface area contributed by atoms with Crippen molar-refractivity contribution in [1.29, 1.82) is 0 Å². The fourth-order valence-electron chi connectivity index (χ4n) is 3.44. The van der Waals surface area contributed by atoms with Gasteiger partial charge in [-0.2, -0.15) is 0 Å². The Morgan fingerprint density at radius 2 is 1.60 bits per heavy atom. The Morgan fingerprint density at radius 1 is 1.00 bits per heavy atom. The van der Waals surface area contributed by atoms with E-state index in [0.717, 1.165) is 4.90 Å². The van der Waals surface area contributed by atoms with E-state index >= 15 is 0 Å². The van der Waals surface area contributed by atoms with Crippen molar-refractivity contribution in [3.63, 3.8) is 0 Å². The van der Waals surface area contributed by atoms with Crippen LogP contribution in [0.15, 0.2) is 42.5 Å². The number of ether oxygens (including phenoxy) is 2. The predicted octanol–water partition coefficient (Wildman–Crippen LogP) is 2.66. The zero-order chi connectivity index (χ0) is 25.9. The molecule has 0 aromatic heterocycles. The molecule has 1 heterocycles. The highest BCUT2D eigenvalue weighted by molar-refractivity contribution is 6.21. The summed E-state index contributed by atoms with van der Waals surface area (Å²) in [5.41, 5.74) is 0.564. The molecule has 0 fully saturated rings. The number of imide groups is 2. The third-order valence-electron chi connectivity index (χ3n) is 5.08. The van der Waals surface area contributed by atoms with Crippen molar-refractivity contribution in [2.24, 2.45) is 0 Å². The SMILES string of the molecule is COc1ccc(CN2C(=O)c3ccccc3C2=O)cc1C(=O)OC(C)C(=O)NC(=O)NC(C)(C)C. The topological polar surface area (TPSA) is 131 Å². The Morgan fingerprint density at radius 3 is 2.14 bits per heavy atom. The molecule has 35 heavy (non-hydrogen) atoms. The van der Waals surface area contributed by atoms with Crippen molar-refractivity contribution < 1.29 is 33.4 Å². The van der Waals surface area contributed by atoms with Crippen LogP contribution in [0.3, 0.4) is 0 Å². The Hall–Kier alpha value is -4.21. The number of hydrogen-bond donors (Lipinski definition) is 2. The standard InChI is InChI=1S/C25H27N3O7/c1-14(20(29)26-24(33)27-25(2,3)4)35-23(32)18-12-15(10-11-19(18)34-5)13-28-21(30)16-8-6-7-9-17(16)22(28)31/h6-12,14H,13H2,1-5H3,(H2,26,27,29,33). The minimum atomic E-state index is -1.28. The van der Waals surface area contributed by atoms with Gasteiger partial charge in [0.15, 0.2) is 6.10 Å². The number of carbonyl (C=O) groups excluding carboxylic acids is 5. The predicted molar refractivity (Wildman–Crippen MR) is 125 cm³/mol. The molecule has 1 unspecified atom stereocenters.